The number of benzene rings is 1. The van der Waals surface area contributed by atoms with Crippen molar-refractivity contribution in [3.05, 3.63) is 71.8 Å². The molecule has 1 aromatic rings. The Hall–Kier alpha value is -2.53. The van der Waals surface area contributed by atoms with Crippen LogP contribution in [-0.4, -0.2) is 12.6 Å². The fourth-order valence-corrected chi connectivity index (χ4v) is 1.98. The molecule has 0 fully saturated rings. The van der Waals surface area contributed by atoms with Gasteiger partial charge in [0.1, 0.15) is 0 Å². The Morgan fingerprint density at radius 2 is 2.00 bits per heavy atom. The summed E-state index contributed by atoms with van der Waals surface area (Å²) in [5.41, 5.74) is 3.46. The molecular formula is C20H22O2. The van der Waals surface area contributed by atoms with E-state index >= 15 is 0 Å². The third-order valence-electron chi connectivity index (χ3n) is 2.94. The fraction of sp³-hybridized carbons (Fsp3) is 0.250. The quantitative estimate of drug-likeness (QED) is 0.335. The highest BCUT2D eigenvalue weighted by atomic mass is 16.5. The number of carbonyl (C=O) groups is 1. The lowest BCUT2D eigenvalue weighted by atomic mass is 9.97. The van der Waals surface area contributed by atoms with Gasteiger partial charge < -0.3 is 4.74 Å². The summed E-state index contributed by atoms with van der Waals surface area (Å²) < 4.78 is 5.03. The van der Waals surface area contributed by atoms with Crippen LogP contribution < -0.4 is 0 Å². The molecule has 0 aliphatic heterocycles. The van der Waals surface area contributed by atoms with Crippen molar-refractivity contribution in [2.24, 2.45) is 0 Å². The molecule has 0 heterocycles. The predicted molar refractivity (Wildman–Crippen MR) is 91.2 cm³/mol. The van der Waals surface area contributed by atoms with Crippen molar-refractivity contribution < 1.29 is 9.53 Å². The maximum Gasteiger partial charge on any atom is 0.309 e. The lowest BCUT2D eigenvalue weighted by molar-refractivity contribution is -0.142. The summed E-state index contributed by atoms with van der Waals surface area (Å²) in [7, 11) is 0. The number of esters is 1. The molecule has 0 atom stereocenters. The summed E-state index contributed by atoms with van der Waals surface area (Å²) in [6, 6.07) is 9.72. The van der Waals surface area contributed by atoms with Gasteiger partial charge in [-0.1, -0.05) is 42.7 Å². The fourth-order valence-electron chi connectivity index (χ4n) is 1.98. The van der Waals surface area contributed by atoms with Gasteiger partial charge in [0.2, 0.25) is 0 Å². The summed E-state index contributed by atoms with van der Waals surface area (Å²) in [5, 5.41) is 0. The first-order valence-corrected chi connectivity index (χ1v) is 7.30. The molecule has 1 rings (SSSR count). The molecule has 0 radical (unpaired) electrons. The maximum absolute atomic E-state index is 11.8. The molecule has 0 amide bonds. The van der Waals surface area contributed by atoms with E-state index in [0.29, 0.717) is 13.0 Å². The molecule has 0 unspecified atom stereocenters. The second-order valence-corrected chi connectivity index (χ2v) is 4.85. The number of ether oxygens (including phenoxy) is 1. The number of hydrogen-bond acceptors (Lipinski definition) is 2. The molecule has 0 saturated heterocycles. The Morgan fingerprint density at radius 3 is 2.55 bits per heavy atom. The maximum atomic E-state index is 11.8. The second kappa shape index (κ2) is 9.41. The average molecular weight is 294 g/mol. The molecule has 114 valence electrons. The van der Waals surface area contributed by atoms with Crippen molar-refractivity contribution in [1.82, 2.24) is 0 Å². The Kier molecular flexibility index (Phi) is 7.50. The van der Waals surface area contributed by atoms with Crippen molar-refractivity contribution in [3.8, 4) is 11.8 Å². The van der Waals surface area contributed by atoms with E-state index in [2.05, 4.69) is 25.0 Å². The zero-order valence-electron chi connectivity index (χ0n) is 13.3. The van der Waals surface area contributed by atoms with E-state index in [1.165, 1.54) is 0 Å². The summed E-state index contributed by atoms with van der Waals surface area (Å²) in [5.74, 6) is 6.01. The van der Waals surface area contributed by atoms with E-state index in [0.717, 1.165) is 22.3 Å². The molecule has 0 bridgehead atoms. The van der Waals surface area contributed by atoms with Crippen LogP contribution in [0.25, 0.3) is 0 Å². The summed E-state index contributed by atoms with van der Waals surface area (Å²) in [6.45, 7) is 11.8. The summed E-state index contributed by atoms with van der Waals surface area (Å²) in [6.07, 6.45) is 2.57. The van der Waals surface area contributed by atoms with Gasteiger partial charge in [0, 0.05) is 11.1 Å². The van der Waals surface area contributed by atoms with Crippen LogP contribution in [0.5, 0.6) is 0 Å². The Morgan fingerprint density at radius 1 is 1.32 bits per heavy atom. The van der Waals surface area contributed by atoms with E-state index < -0.39 is 0 Å². The zero-order chi connectivity index (χ0) is 16.4. The van der Waals surface area contributed by atoms with E-state index in [-0.39, 0.29) is 12.4 Å². The Bertz CT molecular complexity index is 625. The Labute approximate surface area is 133 Å². The van der Waals surface area contributed by atoms with Crippen LogP contribution in [0.4, 0.5) is 0 Å². The number of carbonyl (C=O) groups excluding carboxylic acids is 1. The van der Waals surface area contributed by atoms with E-state index in [1.807, 2.05) is 37.3 Å². The molecular weight excluding hydrogens is 272 g/mol. The largest absolute Gasteiger partial charge is 0.466 e. The minimum Gasteiger partial charge on any atom is -0.466 e. The van der Waals surface area contributed by atoms with Gasteiger partial charge in [-0.25, -0.2) is 0 Å². The van der Waals surface area contributed by atoms with Crippen molar-refractivity contribution in [1.29, 1.82) is 0 Å². The molecule has 0 spiro atoms. The van der Waals surface area contributed by atoms with E-state index in [4.69, 9.17) is 4.74 Å². The number of rotatable bonds is 6. The lowest BCUT2D eigenvalue weighted by Gasteiger charge is -2.09. The topological polar surface area (TPSA) is 26.3 Å². The van der Waals surface area contributed by atoms with Gasteiger partial charge in [-0.15, -0.1) is 6.58 Å². The normalized spacial score (nSPS) is 10.8. The van der Waals surface area contributed by atoms with Crippen LogP contribution in [0.1, 0.15) is 32.3 Å². The standard InChI is InChI=1S/C20H22O2/c1-5-10-18(15-20(21)22-6-2)19(16(3)4)14-13-17-11-8-7-9-12-17/h5,7-9,11-12H,1,3,6,10,15H2,2,4H3/b19-18-. The van der Waals surface area contributed by atoms with Gasteiger partial charge in [-0.05, 0) is 43.5 Å². The Balaban J connectivity index is 3.15. The van der Waals surface area contributed by atoms with Gasteiger partial charge in [-0.2, -0.15) is 0 Å². The van der Waals surface area contributed by atoms with Crippen LogP contribution in [0.2, 0.25) is 0 Å². The molecule has 0 aromatic heterocycles. The molecule has 0 N–H and O–H groups in total. The third-order valence-corrected chi connectivity index (χ3v) is 2.94. The van der Waals surface area contributed by atoms with Crippen molar-refractivity contribution in [2.75, 3.05) is 6.61 Å². The van der Waals surface area contributed by atoms with E-state index in [9.17, 15) is 4.79 Å². The molecule has 0 saturated carbocycles. The molecule has 2 heteroatoms. The van der Waals surface area contributed by atoms with Gasteiger partial charge in [0.15, 0.2) is 0 Å². The zero-order valence-corrected chi connectivity index (χ0v) is 13.3. The van der Waals surface area contributed by atoms with Gasteiger partial charge in [-0.3, -0.25) is 4.79 Å². The monoisotopic (exact) mass is 294 g/mol. The van der Waals surface area contributed by atoms with Crippen molar-refractivity contribution in [2.45, 2.75) is 26.7 Å². The van der Waals surface area contributed by atoms with Crippen LogP contribution >= 0.6 is 0 Å². The van der Waals surface area contributed by atoms with Crippen LogP contribution in [-0.2, 0) is 9.53 Å². The van der Waals surface area contributed by atoms with Crippen molar-refractivity contribution in [3.63, 3.8) is 0 Å². The average Bonchev–Trinajstić information content (AvgIpc) is 2.48. The third kappa shape index (κ3) is 5.85. The molecule has 0 aliphatic rings. The van der Waals surface area contributed by atoms with Gasteiger partial charge in [0.05, 0.1) is 13.0 Å². The minimum absolute atomic E-state index is 0.214. The predicted octanol–water partition coefficient (Wildman–Crippen LogP) is 4.44. The number of allylic oxidation sites excluding steroid dienone is 3. The first kappa shape index (κ1) is 17.5. The molecule has 22 heavy (non-hydrogen) atoms. The first-order valence-electron chi connectivity index (χ1n) is 7.30. The SMILES string of the molecule is C=CC/C(CC(=O)OCC)=C(\C#Cc1ccccc1)C(=C)C. The van der Waals surface area contributed by atoms with Gasteiger partial charge in [0.25, 0.3) is 0 Å². The van der Waals surface area contributed by atoms with Gasteiger partial charge >= 0.3 is 5.97 Å². The second-order valence-electron chi connectivity index (χ2n) is 4.85. The van der Waals surface area contributed by atoms with Crippen LogP contribution in [0.15, 0.2) is 66.3 Å². The van der Waals surface area contributed by atoms with Crippen LogP contribution in [0.3, 0.4) is 0 Å². The lowest BCUT2D eigenvalue weighted by Crippen LogP contribution is -2.06. The highest BCUT2D eigenvalue weighted by Crippen LogP contribution is 2.20. The molecule has 0 aliphatic carbocycles. The smallest absolute Gasteiger partial charge is 0.309 e. The summed E-state index contributed by atoms with van der Waals surface area (Å²) >= 11 is 0. The molecule has 1 aromatic carbocycles. The highest BCUT2D eigenvalue weighted by molar-refractivity contribution is 5.74. The van der Waals surface area contributed by atoms with E-state index in [1.54, 1.807) is 13.0 Å². The molecule has 2 nitrogen and oxygen atoms in total. The minimum atomic E-state index is -0.250. The first-order chi connectivity index (χ1) is 10.6. The highest BCUT2D eigenvalue weighted by Gasteiger charge is 2.11. The van der Waals surface area contributed by atoms with Crippen molar-refractivity contribution >= 4 is 5.97 Å². The summed E-state index contributed by atoms with van der Waals surface area (Å²) in [4.78, 5) is 11.8. The van der Waals surface area contributed by atoms with Crippen LogP contribution in [0, 0.1) is 11.8 Å². The number of hydrogen-bond donors (Lipinski definition) is 0.